The number of amides is 1. The summed E-state index contributed by atoms with van der Waals surface area (Å²) in [7, 11) is 0. The Balaban J connectivity index is 1.55. The van der Waals surface area contributed by atoms with E-state index in [-0.39, 0.29) is 5.56 Å². The third-order valence-corrected chi connectivity index (χ3v) is 6.02. The molecular formula is C21H23BrN6O3. The van der Waals surface area contributed by atoms with Gasteiger partial charge in [0.25, 0.3) is 5.56 Å². The lowest BCUT2D eigenvalue weighted by atomic mass is 10.2. The summed E-state index contributed by atoms with van der Waals surface area (Å²) in [4.78, 5) is 36.2. The van der Waals surface area contributed by atoms with Gasteiger partial charge in [0.15, 0.2) is 0 Å². The molecule has 0 unspecified atom stereocenters. The molecule has 1 amide bonds. The molecular weight excluding hydrogens is 464 g/mol. The zero-order valence-electron chi connectivity index (χ0n) is 17.3. The van der Waals surface area contributed by atoms with Crippen LogP contribution in [-0.4, -0.2) is 56.8 Å². The Kier molecular flexibility index (Phi) is 5.81. The molecule has 2 N–H and O–H groups in total. The summed E-state index contributed by atoms with van der Waals surface area (Å²) in [5.74, 6) is 0.428. The zero-order chi connectivity index (χ0) is 22.1. The second kappa shape index (κ2) is 8.54. The minimum absolute atomic E-state index is 0.119. The average Bonchev–Trinajstić information content (AvgIpc) is 2.76. The number of fused-ring (bicyclic) bond motifs is 1. The molecule has 3 aromatic rings. The number of halogens is 1. The number of carbonyl (C=O) groups is 1. The first kappa shape index (κ1) is 21.1. The van der Waals surface area contributed by atoms with Crippen molar-refractivity contribution in [2.45, 2.75) is 20.4 Å². The standard InChI is InChI=1S/C21H23BrN6O3/c1-3-28-18-16(12-17(22)19(28)29)13(2)23-20(25-18)24-14-4-6-15(7-5-14)26-8-10-27(11-9-26)21(30)31/h4-7,12H,3,8-11H2,1-2H3,(H,30,31)(H,23,24,25). The number of pyridine rings is 1. The van der Waals surface area contributed by atoms with E-state index in [2.05, 4.69) is 36.1 Å². The van der Waals surface area contributed by atoms with E-state index in [4.69, 9.17) is 5.11 Å². The van der Waals surface area contributed by atoms with Gasteiger partial charge in [-0.1, -0.05) is 0 Å². The van der Waals surface area contributed by atoms with Crippen molar-refractivity contribution in [2.24, 2.45) is 0 Å². The third-order valence-electron chi connectivity index (χ3n) is 5.45. The van der Waals surface area contributed by atoms with E-state index in [0.29, 0.717) is 48.8 Å². The first-order chi connectivity index (χ1) is 14.9. The summed E-state index contributed by atoms with van der Waals surface area (Å²) in [6.07, 6.45) is -0.870. The van der Waals surface area contributed by atoms with Crippen molar-refractivity contribution in [3.05, 3.63) is 50.9 Å². The quantitative estimate of drug-likeness (QED) is 0.581. The monoisotopic (exact) mass is 486 g/mol. The van der Waals surface area contributed by atoms with Gasteiger partial charge in [-0.2, -0.15) is 4.98 Å². The van der Waals surface area contributed by atoms with Crippen LogP contribution in [0.15, 0.2) is 39.6 Å². The van der Waals surface area contributed by atoms with E-state index in [1.54, 1.807) is 10.6 Å². The second-order valence-electron chi connectivity index (χ2n) is 7.34. The van der Waals surface area contributed by atoms with E-state index >= 15 is 0 Å². The maximum absolute atomic E-state index is 12.4. The summed E-state index contributed by atoms with van der Waals surface area (Å²) < 4.78 is 2.12. The number of aromatic nitrogens is 3. The molecule has 1 saturated heterocycles. The van der Waals surface area contributed by atoms with Gasteiger partial charge < -0.3 is 20.2 Å². The van der Waals surface area contributed by atoms with Crippen LogP contribution in [0.4, 0.5) is 22.1 Å². The number of benzene rings is 1. The van der Waals surface area contributed by atoms with Gasteiger partial charge in [-0.05, 0) is 60.1 Å². The van der Waals surface area contributed by atoms with Gasteiger partial charge in [0.2, 0.25) is 5.95 Å². The highest BCUT2D eigenvalue weighted by Gasteiger charge is 2.20. The molecule has 10 heteroatoms. The largest absolute Gasteiger partial charge is 0.465 e. The van der Waals surface area contributed by atoms with Gasteiger partial charge in [0.1, 0.15) is 5.65 Å². The lowest BCUT2D eigenvalue weighted by Gasteiger charge is -2.34. The zero-order valence-corrected chi connectivity index (χ0v) is 18.9. The van der Waals surface area contributed by atoms with E-state index in [1.165, 1.54) is 4.90 Å². The number of carboxylic acid groups (broad SMARTS) is 1. The van der Waals surface area contributed by atoms with Crippen molar-refractivity contribution >= 4 is 50.4 Å². The minimum Gasteiger partial charge on any atom is -0.465 e. The van der Waals surface area contributed by atoms with E-state index < -0.39 is 6.09 Å². The highest BCUT2D eigenvalue weighted by atomic mass is 79.9. The molecule has 0 atom stereocenters. The van der Waals surface area contributed by atoms with Crippen LogP contribution in [-0.2, 0) is 6.54 Å². The molecule has 31 heavy (non-hydrogen) atoms. The normalized spacial score (nSPS) is 14.2. The number of hydrogen-bond acceptors (Lipinski definition) is 6. The van der Waals surface area contributed by atoms with Crippen LogP contribution in [0.5, 0.6) is 0 Å². The van der Waals surface area contributed by atoms with Crippen molar-refractivity contribution in [3.8, 4) is 0 Å². The first-order valence-electron chi connectivity index (χ1n) is 10.0. The van der Waals surface area contributed by atoms with E-state index in [1.807, 2.05) is 38.1 Å². The van der Waals surface area contributed by atoms with E-state index in [0.717, 1.165) is 22.5 Å². The second-order valence-corrected chi connectivity index (χ2v) is 8.19. The highest BCUT2D eigenvalue weighted by molar-refractivity contribution is 9.10. The topological polar surface area (TPSA) is 104 Å². The molecule has 1 aliphatic heterocycles. The summed E-state index contributed by atoms with van der Waals surface area (Å²) in [6.45, 7) is 6.63. The molecule has 0 aliphatic carbocycles. The van der Waals surface area contributed by atoms with E-state index in [9.17, 15) is 9.59 Å². The molecule has 2 aromatic heterocycles. The Morgan fingerprint density at radius 3 is 2.45 bits per heavy atom. The van der Waals surface area contributed by atoms with Crippen molar-refractivity contribution in [1.29, 1.82) is 0 Å². The Morgan fingerprint density at radius 1 is 1.16 bits per heavy atom. The first-order valence-corrected chi connectivity index (χ1v) is 10.8. The van der Waals surface area contributed by atoms with Crippen molar-refractivity contribution in [2.75, 3.05) is 36.4 Å². The Hall–Kier alpha value is -3.14. The van der Waals surface area contributed by atoms with Crippen molar-refractivity contribution in [3.63, 3.8) is 0 Å². The number of hydrogen-bond donors (Lipinski definition) is 2. The molecule has 3 heterocycles. The fourth-order valence-corrected chi connectivity index (χ4v) is 4.19. The van der Waals surface area contributed by atoms with Gasteiger partial charge in [-0.15, -0.1) is 0 Å². The predicted octanol–water partition coefficient (Wildman–Crippen LogP) is 3.43. The fourth-order valence-electron chi connectivity index (χ4n) is 3.74. The fraction of sp³-hybridized carbons (Fsp3) is 0.333. The highest BCUT2D eigenvalue weighted by Crippen LogP contribution is 2.24. The summed E-state index contributed by atoms with van der Waals surface area (Å²) in [5, 5.41) is 13.1. The molecule has 1 aromatic carbocycles. The number of piperazine rings is 1. The number of nitrogens with one attached hydrogen (secondary N) is 1. The maximum Gasteiger partial charge on any atom is 0.407 e. The summed E-state index contributed by atoms with van der Waals surface area (Å²) >= 11 is 3.32. The molecule has 0 bridgehead atoms. The number of aryl methyl sites for hydroxylation is 2. The molecule has 162 valence electrons. The summed E-state index contributed by atoms with van der Waals surface area (Å²) in [6, 6.07) is 9.63. The number of nitrogens with zero attached hydrogens (tertiary/aromatic N) is 5. The van der Waals surface area contributed by atoms with Gasteiger partial charge in [-0.3, -0.25) is 9.36 Å². The molecule has 0 spiro atoms. The Morgan fingerprint density at radius 2 is 1.84 bits per heavy atom. The third kappa shape index (κ3) is 4.20. The lowest BCUT2D eigenvalue weighted by Crippen LogP contribution is -2.48. The smallest absolute Gasteiger partial charge is 0.407 e. The van der Waals surface area contributed by atoms with Crippen LogP contribution in [0.25, 0.3) is 11.0 Å². The van der Waals surface area contributed by atoms with Crippen LogP contribution in [0.2, 0.25) is 0 Å². The van der Waals surface area contributed by atoms with Crippen molar-refractivity contribution in [1.82, 2.24) is 19.4 Å². The van der Waals surface area contributed by atoms with Gasteiger partial charge in [-0.25, -0.2) is 9.78 Å². The molecule has 0 saturated carbocycles. The van der Waals surface area contributed by atoms with Gasteiger partial charge in [0, 0.05) is 49.5 Å². The van der Waals surface area contributed by atoms with Crippen LogP contribution < -0.4 is 15.8 Å². The number of anilines is 3. The lowest BCUT2D eigenvalue weighted by molar-refractivity contribution is 0.142. The summed E-state index contributed by atoms with van der Waals surface area (Å²) in [5.41, 5.74) is 3.12. The molecule has 4 rings (SSSR count). The van der Waals surface area contributed by atoms with Crippen LogP contribution in [0, 0.1) is 6.92 Å². The van der Waals surface area contributed by atoms with Gasteiger partial charge >= 0.3 is 6.09 Å². The van der Waals surface area contributed by atoms with Crippen LogP contribution >= 0.6 is 15.9 Å². The van der Waals surface area contributed by atoms with Crippen LogP contribution in [0.3, 0.4) is 0 Å². The minimum atomic E-state index is -0.870. The molecule has 1 fully saturated rings. The molecule has 9 nitrogen and oxygen atoms in total. The number of rotatable bonds is 4. The molecule has 1 aliphatic rings. The maximum atomic E-state index is 12.4. The molecule has 0 radical (unpaired) electrons. The van der Waals surface area contributed by atoms with Crippen LogP contribution in [0.1, 0.15) is 12.6 Å². The Labute approximate surface area is 187 Å². The Bertz CT molecular complexity index is 1190. The van der Waals surface area contributed by atoms with Crippen molar-refractivity contribution < 1.29 is 9.90 Å². The predicted molar refractivity (Wildman–Crippen MR) is 123 cm³/mol. The average molecular weight is 487 g/mol. The van der Waals surface area contributed by atoms with Gasteiger partial charge in [0.05, 0.1) is 10.2 Å². The SMILES string of the molecule is CCn1c(=O)c(Br)cc2c(C)nc(Nc3ccc(N4CCN(C(=O)O)CC4)cc3)nc21.